The van der Waals surface area contributed by atoms with Gasteiger partial charge in [-0.1, -0.05) is 0 Å². The van der Waals surface area contributed by atoms with Crippen LogP contribution in [0.3, 0.4) is 0 Å². The largest absolute Gasteiger partial charge is 0.481 e. The molecule has 1 aromatic rings. The van der Waals surface area contributed by atoms with Crippen LogP contribution in [0.5, 0.6) is 0 Å². The molecule has 0 amide bonds. The first-order valence-corrected chi connectivity index (χ1v) is 8.72. The van der Waals surface area contributed by atoms with E-state index in [-0.39, 0.29) is 19.6 Å². The molecular formula is C12H18N2O4S2. The van der Waals surface area contributed by atoms with E-state index in [0.717, 1.165) is 10.4 Å². The summed E-state index contributed by atoms with van der Waals surface area (Å²) in [5, 5.41) is 10.8. The van der Waals surface area contributed by atoms with Crippen molar-refractivity contribution in [3.63, 3.8) is 0 Å². The molecule has 20 heavy (non-hydrogen) atoms. The summed E-state index contributed by atoms with van der Waals surface area (Å²) in [6.07, 6.45) is 0.739. The fraction of sp³-hybridized carbons (Fsp3) is 0.583. The van der Waals surface area contributed by atoms with Crippen LogP contribution in [0, 0.1) is 12.8 Å². The third-order valence-electron chi connectivity index (χ3n) is 3.53. The topological polar surface area (TPSA) is 86.7 Å². The zero-order chi connectivity index (χ0) is 14.8. The second kappa shape index (κ2) is 6.21. The maximum absolute atomic E-state index is 12.1. The number of hydrogen-bond donors (Lipinski definition) is 2. The lowest BCUT2D eigenvalue weighted by Gasteiger charge is -2.29. The Labute approximate surface area is 122 Å². The van der Waals surface area contributed by atoms with E-state index in [1.54, 1.807) is 0 Å². The Hall–Kier alpha value is -0.960. The summed E-state index contributed by atoms with van der Waals surface area (Å²) in [5.41, 5.74) is 1.07. The molecule has 1 fully saturated rings. The van der Waals surface area contributed by atoms with Gasteiger partial charge in [-0.3, -0.25) is 4.79 Å². The Morgan fingerprint density at radius 3 is 2.65 bits per heavy atom. The number of rotatable bonds is 5. The molecule has 1 aromatic heterocycles. The molecule has 2 rings (SSSR count). The van der Waals surface area contributed by atoms with Gasteiger partial charge in [0.25, 0.3) is 10.2 Å². The lowest BCUT2D eigenvalue weighted by atomic mass is 9.99. The van der Waals surface area contributed by atoms with Crippen LogP contribution in [0.1, 0.15) is 23.3 Å². The van der Waals surface area contributed by atoms with Crippen LogP contribution in [0.25, 0.3) is 0 Å². The number of carbonyl (C=O) groups is 1. The summed E-state index contributed by atoms with van der Waals surface area (Å²) < 4.78 is 28.2. The molecule has 2 N–H and O–H groups in total. The van der Waals surface area contributed by atoms with Gasteiger partial charge in [0, 0.05) is 24.5 Å². The summed E-state index contributed by atoms with van der Waals surface area (Å²) in [4.78, 5) is 11.8. The quantitative estimate of drug-likeness (QED) is 0.854. The Morgan fingerprint density at radius 2 is 2.15 bits per heavy atom. The number of carboxylic acids is 1. The van der Waals surface area contributed by atoms with E-state index in [4.69, 9.17) is 5.11 Å². The summed E-state index contributed by atoms with van der Waals surface area (Å²) in [5.74, 6) is -1.27. The predicted octanol–water partition coefficient (Wildman–Crippen LogP) is 1.19. The van der Waals surface area contributed by atoms with E-state index in [1.807, 2.05) is 18.4 Å². The normalized spacial score (nSPS) is 18.2. The predicted molar refractivity (Wildman–Crippen MR) is 76.7 cm³/mol. The lowest BCUT2D eigenvalue weighted by Crippen LogP contribution is -2.45. The molecule has 2 heterocycles. The number of nitrogens with one attached hydrogen (secondary N) is 1. The molecule has 0 aromatic carbocycles. The molecule has 0 radical (unpaired) electrons. The number of aryl methyl sites for hydroxylation is 1. The summed E-state index contributed by atoms with van der Waals surface area (Å²) in [6.45, 7) is 2.74. The standard InChI is InChI=1S/C12H18N2O4S2/c1-9-4-7-19-11(9)8-13-20(17,18)14-5-2-10(3-6-14)12(15)16/h4,7,10,13H,2-3,5-6,8H2,1H3,(H,15,16). The van der Waals surface area contributed by atoms with E-state index in [1.165, 1.54) is 15.6 Å². The maximum Gasteiger partial charge on any atom is 0.306 e. The fourth-order valence-corrected chi connectivity index (χ4v) is 4.31. The monoisotopic (exact) mass is 318 g/mol. The van der Waals surface area contributed by atoms with Crippen LogP contribution in [-0.2, 0) is 21.5 Å². The molecule has 0 unspecified atom stereocenters. The van der Waals surface area contributed by atoms with Gasteiger partial charge in [0.05, 0.1) is 5.92 Å². The lowest BCUT2D eigenvalue weighted by molar-refractivity contribution is -0.142. The second-order valence-corrected chi connectivity index (χ2v) is 7.62. The van der Waals surface area contributed by atoms with Crippen molar-refractivity contribution >= 4 is 27.5 Å². The van der Waals surface area contributed by atoms with Gasteiger partial charge >= 0.3 is 5.97 Å². The molecule has 1 saturated heterocycles. The number of hydrogen-bond acceptors (Lipinski definition) is 4. The van der Waals surface area contributed by atoms with Crippen LogP contribution in [0.15, 0.2) is 11.4 Å². The Balaban J connectivity index is 1.91. The highest BCUT2D eigenvalue weighted by atomic mass is 32.2. The van der Waals surface area contributed by atoms with Gasteiger partial charge < -0.3 is 5.11 Å². The van der Waals surface area contributed by atoms with Crippen molar-refractivity contribution < 1.29 is 18.3 Å². The van der Waals surface area contributed by atoms with Gasteiger partial charge in [-0.2, -0.15) is 17.4 Å². The van der Waals surface area contributed by atoms with E-state index in [0.29, 0.717) is 12.8 Å². The summed E-state index contributed by atoms with van der Waals surface area (Å²) >= 11 is 1.52. The van der Waals surface area contributed by atoms with Crippen LogP contribution >= 0.6 is 11.3 Å². The molecule has 0 spiro atoms. The third kappa shape index (κ3) is 3.57. The van der Waals surface area contributed by atoms with Crippen molar-refractivity contribution in [1.82, 2.24) is 9.03 Å². The number of aliphatic carboxylic acids is 1. The SMILES string of the molecule is Cc1ccsc1CNS(=O)(=O)N1CCC(C(=O)O)CC1. The van der Waals surface area contributed by atoms with Gasteiger partial charge in [-0.15, -0.1) is 11.3 Å². The fourth-order valence-electron chi connectivity index (χ4n) is 2.18. The van der Waals surface area contributed by atoms with Gasteiger partial charge in [0.2, 0.25) is 0 Å². The number of carboxylic acid groups (broad SMARTS) is 1. The Bertz CT molecular complexity index is 574. The minimum Gasteiger partial charge on any atom is -0.481 e. The first kappa shape index (κ1) is 15.4. The van der Waals surface area contributed by atoms with E-state index >= 15 is 0 Å². The smallest absolute Gasteiger partial charge is 0.306 e. The second-order valence-electron chi connectivity index (χ2n) is 4.86. The molecule has 1 aliphatic rings. The zero-order valence-corrected chi connectivity index (χ0v) is 12.8. The van der Waals surface area contributed by atoms with Crippen LogP contribution in [-0.4, -0.2) is 36.9 Å². The van der Waals surface area contributed by atoms with Gasteiger partial charge in [0.15, 0.2) is 0 Å². The Morgan fingerprint density at radius 1 is 1.50 bits per heavy atom. The number of thiophene rings is 1. The average molecular weight is 318 g/mol. The number of piperidine rings is 1. The van der Waals surface area contributed by atoms with Crippen LogP contribution in [0.2, 0.25) is 0 Å². The van der Waals surface area contributed by atoms with Crippen molar-refractivity contribution in [2.45, 2.75) is 26.3 Å². The highest BCUT2D eigenvalue weighted by Crippen LogP contribution is 2.20. The summed E-state index contributed by atoms with van der Waals surface area (Å²) in [6, 6.07) is 1.95. The first-order chi connectivity index (χ1) is 9.40. The molecule has 112 valence electrons. The third-order valence-corrected chi connectivity index (χ3v) is 6.10. The van der Waals surface area contributed by atoms with Crippen molar-refractivity contribution in [2.24, 2.45) is 5.92 Å². The Kier molecular flexibility index (Phi) is 4.79. The molecule has 0 atom stereocenters. The molecule has 1 aliphatic heterocycles. The van der Waals surface area contributed by atoms with E-state index < -0.39 is 22.1 Å². The van der Waals surface area contributed by atoms with Crippen LogP contribution in [0.4, 0.5) is 0 Å². The molecular weight excluding hydrogens is 300 g/mol. The first-order valence-electron chi connectivity index (χ1n) is 6.40. The maximum atomic E-state index is 12.1. The minimum atomic E-state index is -3.53. The highest BCUT2D eigenvalue weighted by Gasteiger charge is 2.30. The van der Waals surface area contributed by atoms with Gasteiger partial charge in [-0.25, -0.2) is 0 Å². The summed E-state index contributed by atoms with van der Waals surface area (Å²) in [7, 11) is -3.53. The van der Waals surface area contributed by atoms with Crippen LogP contribution < -0.4 is 4.72 Å². The molecule has 6 nitrogen and oxygen atoms in total. The van der Waals surface area contributed by atoms with Crippen molar-refractivity contribution in [2.75, 3.05) is 13.1 Å². The molecule has 0 bridgehead atoms. The van der Waals surface area contributed by atoms with Crippen molar-refractivity contribution in [1.29, 1.82) is 0 Å². The average Bonchev–Trinajstić information content (AvgIpc) is 2.82. The molecule has 8 heteroatoms. The van der Waals surface area contributed by atoms with Crippen molar-refractivity contribution in [3.05, 3.63) is 21.9 Å². The van der Waals surface area contributed by atoms with E-state index in [9.17, 15) is 13.2 Å². The minimum absolute atomic E-state index is 0.260. The van der Waals surface area contributed by atoms with Gasteiger partial charge in [-0.05, 0) is 36.8 Å². The van der Waals surface area contributed by atoms with E-state index in [2.05, 4.69) is 4.72 Å². The zero-order valence-electron chi connectivity index (χ0n) is 11.2. The number of nitrogens with zero attached hydrogens (tertiary/aromatic N) is 1. The highest BCUT2D eigenvalue weighted by molar-refractivity contribution is 7.87. The molecule has 0 saturated carbocycles. The molecule has 0 aliphatic carbocycles. The van der Waals surface area contributed by atoms with Crippen molar-refractivity contribution in [3.8, 4) is 0 Å². The van der Waals surface area contributed by atoms with Gasteiger partial charge in [0.1, 0.15) is 0 Å².